The molecule has 1 fully saturated rings. The molecule has 1 saturated carbocycles. The maximum Gasteiger partial charge on any atom is 0.213 e. The summed E-state index contributed by atoms with van der Waals surface area (Å²) in [6.07, 6.45) is 6.17. The Labute approximate surface area is 171 Å². The van der Waals surface area contributed by atoms with Crippen LogP contribution < -0.4 is 4.74 Å². The van der Waals surface area contributed by atoms with Crippen molar-refractivity contribution in [2.45, 2.75) is 57.7 Å². The quantitative estimate of drug-likeness (QED) is 0.677. The molecule has 3 aromatic rings. The maximum absolute atomic E-state index is 6.08. The van der Waals surface area contributed by atoms with E-state index in [9.17, 15) is 0 Å². The summed E-state index contributed by atoms with van der Waals surface area (Å²) >= 11 is 0. The second kappa shape index (κ2) is 7.59. The number of fused-ring (bicyclic) bond motifs is 3. The van der Waals surface area contributed by atoms with E-state index in [1.54, 1.807) is 6.20 Å². The summed E-state index contributed by atoms with van der Waals surface area (Å²) in [4.78, 5) is 6.61. The minimum absolute atomic E-state index is 0.230. The van der Waals surface area contributed by atoms with Crippen LogP contribution in [0.5, 0.6) is 5.88 Å². The van der Waals surface area contributed by atoms with Crippen molar-refractivity contribution < 1.29 is 4.74 Å². The third-order valence-corrected chi connectivity index (χ3v) is 6.05. The lowest BCUT2D eigenvalue weighted by Gasteiger charge is -2.28. The topological polar surface area (TPSA) is 56.1 Å². The Kier molecular flexibility index (Phi) is 4.79. The Morgan fingerprint density at radius 2 is 1.86 bits per heavy atom. The number of benzene rings is 1. The third-order valence-electron chi connectivity index (χ3n) is 6.05. The van der Waals surface area contributed by atoms with E-state index in [-0.39, 0.29) is 6.10 Å². The van der Waals surface area contributed by atoms with Crippen LogP contribution in [0.2, 0.25) is 0 Å². The van der Waals surface area contributed by atoms with Gasteiger partial charge in [-0.25, -0.2) is 4.98 Å². The standard InChI is InChI=1S/C23H27N5O/c1-16-6-11-20-18(13-16)14-27(2)15-21-25-26-23(28(20)21)17-7-9-19(10-8-17)29-22-5-3-4-12-24-22/h3-6,11-13,17,19H,7-10,14-15H2,1-2H3. The predicted molar refractivity (Wildman–Crippen MR) is 111 cm³/mol. The van der Waals surface area contributed by atoms with E-state index in [0.717, 1.165) is 56.3 Å². The number of hydrogen-bond donors (Lipinski definition) is 0. The summed E-state index contributed by atoms with van der Waals surface area (Å²) < 4.78 is 8.40. The first-order valence-corrected chi connectivity index (χ1v) is 10.5. The van der Waals surface area contributed by atoms with Gasteiger partial charge in [-0.15, -0.1) is 10.2 Å². The van der Waals surface area contributed by atoms with Crippen LogP contribution in [0.25, 0.3) is 5.69 Å². The average molecular weight is 390 g/mol. The number of hydrogen-bond acceptors (Lipinski definition) is 5. The van der Waals surface area contributed by atoms with Gasteiger partial charge in [0.05, 0.1) is 12.2 Å². The van der Waals surface area contributed by atoms with Crippen molar-refractivity contribution in [2.24, 2.45) is 0 Å². The Balaban J connectivity index is 1.38. The van der Waals surface area contributed by atoms with Crippen LogP contribution >= 0.6 is 0 Å². The van der Waals surface area contributed by atoms with Crippen LogP contribution in [0.1, 0.15) is 54.4 Å². The Hall–Kier alpha value is -2.73. The highest BCUT2D eigenvalue weighted by molar-refractivity contribution is 5.46. The molecule has 0 unspecified atom stereocenters. The lowest BCUT2D eigenvalue weighted by molar-refractivity contribution is 0.139. The second-order valence-electron chi connectivity index (χ2n) is 8.37. The van der Waals surface area contributed by atoms with E-state index in [4.69, 9.17) is 4.74 Å². The van der Waals surface area contributed by atoms with Crippen molar-refractivity contribution in [1.82, 2.24) is 24.6 Å². The molecule has 0 saturated heterocycles. The van der Waals surface area contributed by atoms with Gasteiger partial charge in [0.25, 0.3) is 0 Å². The van der Waals surface area contributed by atoms with E-state index in [1.807, 2.05) is 18.2 Å². The molecule has 150 valence electrons. The molecule has 0 radical (unpaired) electrons. The number of rotatable bonds is 3. The van der Waals surface area contributed by atoms with Gasteiger partial charge in [0.1, 0.15) is 11.9 Å². The number of aryl methyl sites for hydroxylation is 1. The van der Waals surface area contributed by atoms with Crippen molar-refractivity contribution in [3.8, 4) is 11.6 Å². The summed E-state index contributed by atoms with van der Waals surface area (Å²) in [5.41, 5.74) is 3.88. The fourth-order valence-electron chi connectivity index (χ4n) is 4.63. The van der Waals surface area contributed by atoms with Crippen molar-refractivity contribution in [1.29, 1.82) is 0 Å². The Bertz CT molecular complexity index is 992. The highest BCUT2D eigenvalue weighted by Crippen LogP contribution is 2.36. The molecule has 2 aliphatic rings. The molecule has 29 heavy (non-hydrogen) atoms. The smallest absolute Gasteiger partial charge is 0.213 e. The second-order valence-corrected chi connectivity index (χ2v) is 8.37. The summed E-state index contributed by atoms with van der Waals surface area (Å²) in [7, 11) is 2.15. The van der Waals surface area contributed by atoms with Gasteiger partial charge >= 0.3 is 0 Å². The molecule has 1 aromatic carbocycles. The first kappa shape index (κ1) is 18.3. The zero-order chi connectivity index (χ0) is 19.8. The van der Waals surface area contributed by atoms with Crippen LogP contribution in [0.4, 0.5) is 0 Å². The summed E-state index contributed by atoms with van der Waals surface area (Å²) in [5.74, 6) is 3.28. The fraction of sp³-hybridized carbons (Fsp3) is 0.435. The molecule has 2 aromatic heterocycles. The molecule has 1 aliphatic carbocycles. The lowest BCUT2D eigenvalue weighted by Crippen LogP contribution is -2.25. The van der Waals surface area contributed by atoms with Gasteiger partial charge in [-0.05, 0) is 57.4 Å². The largest absolute Gasteiger partial charge is 0.474 e. The van der Waals surface area contributed by atoms with Crippen LogP contribution in [0, 0.1) is 6.92 Å². The number of aromatic nitrogens is 4. The predicted octanol–water partition coefficient (Wildman–Crippen LogP) is 4.02. The average Bonchev–Trinajstić information content (AvgIpc) is 3.06. The van der Waals surface area contributed by atoms with Crippen molar-refractivity contribution in [3.63, 3.8) is 0 Å². The molecular weight excluding hydrogens is 362 g/mol. The van der Waals surface area contributed by atoms with Crippen LogP contribution in [0.15, 0.2) is 42.6 Å². The molecule has 5 rings (SSSR count). The first-order valence-electron chi connectivity index (χ1n) is 10.5. The van der Waals surface area contributed by atoms with E-state index in [1.165, 1.54) is 16.8 Å². The number of pyridine rings is 1. The number of nitrogens with zero attached hydrogens (tertiary/aromatic N) is 5. The molecular formula is C23H27N5O. The van der Waals surface area contributed by atoms with Crippen LogP contribution in [0.3, 0.4) is 0 Å². The molecule has 0 atom stereocenters. The Morgan fingerprint density at radius 3 is 2.66 bits per heavy atom. The van der Waals surface area contributed by atoms with Crippen molar-refractivity contribution in [3.05, 3.63) is 65.4 Å². The molecule has 0 spiro atoms. The minimum Gasteiger partial charge on any atom is -0.474 e. The first-order chi connectivity index (χ1) is 14.2. The lowest BCUT2D eigenvalue weighted by atomic mass is 9.86. The maximum atomic E-state index is 6.08. The monoisotopic (exact) mass is 389 g/mol. The number of ether oxygens (including phenoxy) is 1. The molecule has 0 N–H and O–H groups in total. The zero-order valence-corrected chi connectivity index (χ0v) is 17.1. The zero-order valence-electron chi connectivity index (χ0n) is 17.1. The van der Waals surface area contributed by atoms with Gasteiger partial charge in [0.15, 0.2) is 5.82 Å². The minimum atomic E-state index is 0.230. The van der Waals surface area contributed by atoms with E-state index in [0.29, 0.717) is 5.92 Å². The molecule has 1 aliphatic heterocycles. The van der Waals surface area contributed by atoms with E-state index < -0.39 is 0 Å². The highest BCUT2D eigenvalue weighted by atomic mass is 16.5. The molecule has 3 heterocycles. The summed E-state index contributed by atoms with van der Waals surface area (Å²) in [6.45, 7) is 3.91. The van der Waals surface area contributed by atoms with E-state index >= 15 is 0 Å². The third kappa shape index (κ3) is 3.65. The van der Waals surface area contributed by atoms with Gasteiger partial charge < -0.3 is 4.74 Å². The molecule has 6 nitrogen and oxygen atoms in total. The summed E-state index contributed by atoms with van der Waals surface area (Å²) in [6, 6.07) is 12.5. The van der Waals surface area contributed by atoms with Gasteiger partial charge in [0.2, 0.25) is 5.88 Å². The van der Waals surface area contributed by atoms with Crippen LogP contribution in [-0.4, -0.2) is 37.8 Å². The summed E-state index contributed by atoms with van der Waals surface area (Å²) in [5, 5.41) is 9.24. The highest BCUT2D eigenvalue weighted by Gasteiger charge is 2.30. The Morgan fingerprint density at radius 1 is 1.00 bits per heavy atom. The normalized spacial score (nSPS) is 21.9. The molecule has 6 heteroatoms. The van der Waals surface area contributed by atoms with Gasteiger partial charge in [-0.2, -0.15) is 0 Å². The van der Waals surface area contributed by atoms with Crippen molar-refractivity contribution >= 4 is 0 Å². The van der Waals surface area contributed by atoms with Gasteiger partial charge in [-0.3, -0.25) is 9.47 Å². The molecule has 0 amide bonds. The van der Waals surface area contributed by atoms with Gasteiger partial charge in [0, 0.05) is 24.7 Å². The molecule has 0 bridgehead atoms. The van der Waals surface area contributed by atoms with Crippen LogP contribution in [-0.2, 0) is 13.1 Å². The SMILES string of the molecule is Cc1ccc2c(c1)CN(C)Cc1nnc(C3CCC(Oc4ccccn4)CC3)n1-2. The van der Waals surface area contributed by atoms with Gasteiger partial charge in [-0.1, -0.05) is 23.8 Å². The van der Waals surface area contributed by atoms with E-state index in [2.05, 4.69) is 56.8 Å². The fourth-order valence-corrected chi connectivity index (χ4v) is 4.63. The van der Waals surface area contributed by atoms with Crippen molar-refractivity contribution in [2.75, 3.05) is 7.05 Å².